The minimum atomic E-state index is -0.572. The topological polar surface area (TPSA) is 64.7 Å². The molecule has 1 aromatic rings. The Balaban J connectivity index is 2.06. The average molecular weight is 223 g/mol. The van der Waals surface area contributed by atoms with E-state index in [1.165, 1.54) is 0 Å². The highest BCUT2D eigenvalue weighted by atomic mass is 16.7. The fourth-order valence-electron chi connectivity index (χ4n) is 1.87. The SMILES string of the molecule is CC1(CCN)OCC(c2ccc(O)cc2)O1. The van der Waals surface area contributed by atoms with Crippen LogP contribution in [0.3, 0.4) is 0 Å². The monoisotopic (exact) mass is 223 g/mol. The van der Waals surface area contributed by atoms with Crippen molar-refractivity contribution in [3.05, 3.63) is 29.8 Å². The van der Waals surface area contributed by atoms with Crippen molar-refractivity contribution in [1.82, 2.24) is 0 Å². The van der Waals surface area contributed by atoms with Gasteiger partial charge in [-0.15, -0.1) is 0 Å². The molecule has 1 heterocycles. The van der Waals surface area contributed by atoms with Gasteiger partial charge < -0.3 is 20.3 Å². The van der Waals surface area contributed by atoms with Crippen LogP contribution in [0.5, 0.6) is 5.75 Å². The summed E-state index contributed by atoms with van der Waals surface area (Å²) in [4.78, 5) is 0. The lowest BCUT2D eigenvalue weighted by Crippen LogP contribution is -2.28. The van der Waals surface area contributed by atoms with E-state index in [0.717, 1.165) is 5.56 Å². The van der Waals surface area contributed by atoms with Crippen LogP contribution in [0.4, 0.5) is 0 Å². The van der Waals surface area contributed by atoms with E-state index in [2.05, 4.69) is 0 Å². The van der Waals surface area contributed by atoms with Crippen LogP contribution in [-0.4, -0.2) is 24.0 Å². The van der Waals surface area contributed by atoms with Crippen molar-refractivity contribution in [1.29, 1.82) is 0 Å². The van der Waals surface area contributed by atoms with Crippen LogP contribution in [0.25, 0.3) is 0 Å². The number of hydrogen-bond acceptors (Lipinski definition) is 4. The molecule has 2 rings (SSSR count). The van der Waals surface area contributed by atoms with Gasteiger partial charge in [-0.05, 0) is 31.2 Å². The smallest absolute Gasteiger partial charge is 0.167 e. The minimum absolute atomic E-state index is 0.0721. The summed E-state index contributed by atoms with van der Waals surface area (Å²) in [7, 11) is 0. The molecule has 2 atom stereocenters. The van der Waals surface area contributed by atoms with E-state index < -0.39 is 5.79 Å². The first-order chi connectivity index (χ1) is 7.63. The average Bonchev–Trinajstić information content (AvgIpc) is 2.62. The number of ether oxygens (including phenoxy) is 2. The third kappa shape index (κ3) is 2.35. The number of nitrogens with two attached hydrogens (primary N) is 1. The Morgan fingerprint density at radius 1 is 1.44 bits per heavy atom. The fraction of sp³-hybridized carbons (Fsp3) is 0.500. The zero-order chi connectivity index (χ0) is 11.6. The van der Waals surface area contributed by atoms with Gasteiger partial charge in [-0.1, -0.05) is 12.1 Å². The van der Waals surface area contributed by atoms with Crippen molar-refractivity contribution in [3.8, 4) is 5.75 Å². The number of rotatable bonds is 3. The maximum atomic E-state index is 9.20. The number of phenols is 1. The molecule has 1 aromatic carbocycles. The number of aromatic hydroxyl groups is 1. The van der Waals surface area contributed by atoms with Crippen LogP contribution in [0.15, 0.2) is 24.3 Å². The molecule has 16 heavy (non-hydrogen) atoms. The first-order valence-electron chi connectivity index (χ1n) is 5.44. The third-order valence-corrected chi connectivity index (χ3v) is 2.79. The van der Waals surface area contributed by atoms with Gasteiger partial charge in [-0.25, -0.2) is 0 Å². The Morgan fingerprint density at radius 2 is 2.12 bits per heavy atom. The molecular formula is C12H17NO3. The molecule has 0 bridgehead atoms. The minimum Gasteiger partial charge on any atom is -0.508 e. The van der Waals surface area contributed by atoms with E-state index in [1.807, 2.05) is 19.1 Å². The van der Waals surface area contributed by atoms with E-state index >= 15 is 0 Å². The molecule has 1 aliphatic rings. The van der Waals surface area contributed by atoms with E-state index in [4.69, 9.17) is 15.2 Å². The Bertz CT molecular complexity index is 352. The third-order valence-electron chi connectivity index (χ3n) is 2.79. The molecule has 0 aromatic heterocycles. The molecule has 1 aliphatic heterocycles. The lowest BCUT2D eigenvalue weighted by atomic mass is 10.1. The van der Waals surface area contributed by atoms with Crippen molar-refractivity contribution < 1.29 is 14.6 Å². The zero-order valence-electron chi connectivity index (χ0n) is 9.35. The van der Waals surface area contributed by atoms with Crippen LogP contribution in [-0.2, 0) is 9.47 Å². The standard InChI is InChI=1S/C12H17NO3/c1-12(6-7-13)15-8-11(16-12)9-2-4-10(14)5-3-9/h2-5,11,14H,6-8,13H2,1H3. The zero-order valence-corrected chi connectivity index (χ0v) is 9.35. The highest BCUT2D eigenvalue weighted by Crippen LogP contribution is 2.35. The summed E-state index contributed by atoms with van der Waals surface area (Å²) in [5.74, 6) is -0.315. The van der Waals surface area contributed by atoms with Crippen LogP contribution in [0, 0.1) is 0 Å². The van der Waals surface area contributed by atoms with Crippen LogP contribution in [0.2, 0.25) is 0 Å². The molecule has 2 unspecified atom stereocenters. The summed E-state index contributed by atoms with van der Waals surface area (Å²) in [6.07, 6.45) is 0.610. The first-order valence-corrected chi connectivity index (χ1v) is 5.44. The van der Waals surface area contributed by atoms with Crippen molar-refractivity contribution in [2.24, 2.45) is 5.73 Å². The second kappa shape index (κ2) is 4.41. The van der Waals surface area contributed by atoms with Gasteiger partial charge in [0, 0.05) is 6.42 Å². The highest BCUT2D eigenvalue weighted by Gasteiger charge is 2.36. The predicted octanol–water partition coefficient (Wildman–Crippen LogP) is 1.55. The number of phenolic OH excluding ortho intramolecular Hbond substituents is 1. The Hall–Kier alpha value is -1.10. The largest absolute Gasteiger partial charge is 0.508 e. The summed E-state index contributed by atoms with van der Waals surface area (Å²) < 4.78 is 11.4. The van der Waals surface area contributed by atoms with Gasteiger partial charge in [0.2, 0.25) is 0 Å². The molecular weight excluding hydrogens is 206 g/mol. The summed E-state index contributed by atoms with van der Waals surface area (Å²) in [5, 5.41) is 9.20. The summed E-state index contributed by atoms with van der Waals surface area (Å²) in [5.41, 5.74) is 6.52. The van der Waals surface area contributed by atoms with Gasteiger partial charge in [0.15, 0.2) is 5.79 Å². The van der Waals surface area contributed by atoms with Crippen LogP contribution >= 0.6 is 0 Å². The molecule has 0 aliphatic carbocycles. The normalized spacial score (nSPS) is 29.5. The molecule has 0 amide bonds. The van der Waals surface area contributed by atoms with Gasteiger partial charge in [0.05, 0.1) is 6.61 Å². The van der Waals surface area contributed by atoms with Crippen LogP contribution < -0.4 is 5.73 Å². The second-order valence-corrected chi connectivity index (χ2v) is 4.18. The molecule has 0 saturated carbocycles. The predicted molar refractivity (Wildman–Crippen MR) is 60.0 cm³/mol. The van der Waals surface area contributed by atoms with Gasteiger partial charge in [0.25, 0.3) is 0 Å². The molecule has 1 fully saturated rings. The molecule has 3 N–H and O–H groups in total. The summed E-state index contributed by atoms with van der Waals surface area (Å²) in [6.45, 7) is 2.97. The lowest BCUT2D eigenvalue weighted by molar-refractivity contribution is -0.157. The van der Waals surface area contributed by atoms with Crippen LogP contribution in [0.1, 0.15) is 25.0 Å². The fourth-order valence-corrected chi connectivity index (χ4v) is 1.87. The van der Waals surface area contributed by atoms with Gasteiger partial charge >= 0.3 is 0 Å². The van der Waals surface area contributed by atoms with Gasteiger partial charge in [-0.2, -0.15) is 0 Å². The lowest BCUT2D eigenvalue weighted by Gasteiger charge is -2.22. The Morgan fingerprint density at radius 3 is 2.75 bits per heavy atom. The molecule has 88 valence electrons. The van der Waals surface area contributed by atoms with Gasteiger partial charge in [-0.3, -0.25) is 0 Å². The quantitative estimate of drug-likeness (QED) is 0.816. The molecule has 0 radical (unpaired) electrons. The van der Waals surface area contributed by atoms with Crippen molar-refractivity contribution in [2.45, 2.75) is 25.2 Å². The Labute approximate surface area is 95.0 Å². The van der Waals surface area contributed by atoms with Crippen molar-refractivity contribution in [2.75, 3.05) is 13.2 Å². The Kier molecular flexibility index (Phi) is 3.14. The van der Waals surface area contributed by atoms with Crippen molar-refractivity contribution >= 4 is 0 Å². The molecule has 1 saturated heterocycles. The summed E-state index contributed by atoms with van der Waals surface area (Å²) in [6, 6.07) is 6.99. The molecule has 4 heteroatoms. The van der Waals surface area contributed by atoms with E-state index in [1.54, 1.807) is 12.1 Å². The van der Waals surface area contributed by atoms with Gasteiger partial charge in [0.1, 0.15) is 11.9 Å². The summed E-state index contributed by atoms with van der Waals surface area (Å²) >= 11 is 0. The van der Waals surface area contributed by atoms with E-state index in [9.17, 15) is 5.11 Å². The maximum absolute atomic E-state index is 9.20. The molecule has 0 spiro atoms. The molecule has 4 nitrogen and oxygen atoms in total. The number of benzene rings is 1. The van der Waals surface area contributed by atoms with E-state index in [0.29, 0.717) is 19.6 Å². The maximum Gasteiger partial charge on any atom is 0.167 e. The second-order valence-electron chi connectivity index (χ2n) is 4.18. The van der Waals surface area contributed by atoms with E-state index in [-0.39, 0.29) is 11.9 Å². The number of hydrogen-bond donors (Lipinski definition) is 2. The first kappa shape index (κ1) is 11.4. The highest BCUT2D eigenvalue weighted by molar-refractivity contribution is 5.27. The van der Waals surface area contributed by atoms with Crippen molar-refractivity contribution in [3.63, 3.8) is 0 Å².